The summed E-state index contributed by atoms with van der Waals surface area (Å²) < 4.78 is 16.7. The van der Waals surface area contributed by atoms with Gasteiger partial charge < -0.3 is 19.2 Å². The van der Waals surface area contributed by atoms with Crippen LogP contribution in [0.15, 0.2) is 40.8 Å². The van der Waals surface area contributed by atoms with Crippen LogP contribution in [0.25, 0.3) is 0 Å². The number of nitrogens with one attached hydrogen (secondary N) is 1. The predicted octanol–water partition coefficient (Wildman–Crippen LogP) is 4.11. The molecule has 4 heteroatoms. The van der Waals surface area contributed by atoms with Crippen molar-refractivity contribution in [2.45, 2.75) is 38.8 Å². The van der Waals surface area contributed by atoms with Crippen LogP contribution in [0.2, 0.25) is 0 Å². The lowest BCUT2D eigenvalue weighted by atomic mass is 10.2. The van der Waals surface area contributed by atoms with Gasteiger partial charge in [0.1, 0.15) is 17.3 Å². The van der Waals surface area contributed by atoms with Crippen LogP contribution in [0, 0.1) is 5.92 Å². The summed E-state index contributed by atoms with van der Waals surface area (Å²) in [6, 6.07) is 12.4. The van der Waals surface area contributed by atoms with Gasteiger partial charge in [-0.25, -0.2) is 0 Å². The Bertz CT molecular complexity index is 637. The van der Waals surface area contributed by atoms with Crippen LogP contribution in [0.3, 0.4) is 0 Å². The van der Waals surface area contributed by atoms with Gasteiger partial charge in [-0.2, -0.15) is 0 Å². The van der Waals surface area contributed by atoms with Crippen molar-refractivity contribution in [1.29, 1.82) is 0 Å². The Morgan fingerprint density at radius 2 is 2.04 bits per heavy atom. The first-order chi connectivity index (χ1) is 11.8. The van der Waals surface area contributed by atoms with Gasteiger partial charge in [0.25, 0.3) is 0 Å². The number of hydrogen-bond acceptors (Lipinski definition) is 4. The normalized spacial score (nSPS) is 19.4. The van der Waals surface area contributed by atoms with Gasteiger partial charge in [0, 0.05) is 32.6 Å². The second kappa shape index (κ2) is 8.36. The summed E-state index contributed by atoms with van der Waals surface area (Å²) in [5, 5.41) is 3.44. The van der Waals surface area contributed by atoms with Crippen molar-refractivity contribution in [1.82, 2.24) is 5.32 Å². The Kier molecular flexibility index (Phi) is 5.94. The molecule has 24 heavy (non-hydrogen) atoms. The molecule has 0 saturated heterocycles. The molecule has 2 atom stereocenters. The standard InChI is InChI=1S/C20H27NO3/c1-15-11-19(15)20-8-7-18(24-20)14-21-13-16-5-3-6-17(12-16)23-10-4-9-22-2/h3,5-8,12,15,19,21H,4,9-11,13-14H2,1-2H3. The molecule has 1 N–H and O–H groups in total. The van der Waals surface area contributed by atoms with Gasteiger partial charge in [0.05, 0.1) is 13.2 Å². The van der Waals surface area contributed by atoms with Gasteiger partial charge in [-0.15, -0.1) is 0 Å². The first kappa shape index (κ1) is 17.1. The van der Waals surface area contributed by atoms with E-state index >= 15 is 0 Å². The van der Waals surface area contributed by atoms with E-state index < -0.39 is 0 Å². The molecule has 0 aliphatic heterocycles. The number of furan rings is 1. The predicted molar refractivity (Wildman–Crippen MR) is 94.2 cm³/mol. The number of rotatable bonds is 10. The lowest BCUT2D eigenvalue weighted by molar-refractivity contribution is 0.172. The SMILES string of the molecule is COCCCOc1cccc(CNCc2ccc(C3CC3C)o2)c1. The van der Waals surface area contributed by atoms with Crippen LogP contribution < -0.4 is 10.1 Å². The minimum atomic E-state index is 0.644. The summed E-state index contributed by atoms with van der Waals surface area (Å²) in [5.74, 6) is 4.49. The molecular weight excluding hydrogens is 302 g/mol. The first-order valence-corrected chi connectivity index (χ1v) is 8.76. The highest BCUT2D eigenvalue weighted by Crippen LogP contribution is 2.47. The molecule has 0 spiro atoms. The lowest BCUT2D eigenvalue weighted by Gasteiger charge is -2.08. The van der Waals surface area contributed by atoms with Gasteiger partial charge in [-0.05, 0) is 42.2 Å². The second-order valence-corrected chi connectivity index (χ2v) is 6.57. The zero-order chi connectivity index (χ0) is 16.8. The largest absolute Gasteiger partial charge is 0.493 e. The fourth-order valence-corrected chi connectivity index (χ4v) is 2.88. The summed E-state index contributed by atoms with van der Waals surface area (Å²) in [7, 11) is 1.71. The average molecular weight is 329 g/mol. The van der Waals surface area contributed by atoms with E-state index in [1.54, 1.807) is 7.11 Å². The Labute approximate surface area is 144 Å². The molecule has 1 saturated carbocycles. The maximum atomic E-state index is 5.92. The zero-order valence-corrected chi connectivity index (χ0v) is 14.6. The molecule has 4 nitrogen and oxygen atoms in total. The third-order valence-corrected chi connectivity index (χ3v) is 4.45. The molecular formula is C20H27NO3. The molecule has 0 amide bonds. The highest BCUT2D eigenvalue weighted by atomic mass is 16.5. The molecule has 0 bridgehead atoms. The Morgan fingerprint density at radius 3 is 2.83 bits per heavy atom. The minimum absolute atomic E-state index is 0.644. The molecule has 1 aliphatic rings. The molecule has 2 aromatic rings. The molecule has 2 unspecified atom stereocenters. The summed E-state index contributed by atoms with van der Waals surface area (Å²) >= 11 is 0. The highest BCUT2D eigenvalue weighted by molar-refractivity contribution is 5.28. The van der Waals surface area contributed by atoms with E-state index in [1.165, 1.54) is 12.0 Å². The number of methoxy groups -OCH3 is 1. The molecule has 0 radical (unpaired) electrons. The van der Waals surface area contributed by atoms with E-state index in [0.29, 0.717) is 12.5 Å². The molecule has 1 heterocycles. The van der Waals surface area contributed by atoms with E-state index in [-0.39, 0.29) is 0 Å². The van der Waals surface area contributed by atoms with Crippen LogP contribution in [0.4, 0.5) is 0 Å². The molecule has 1 fully saturated rings. The highest BCUT2D eigenvalue weighted by Gasteiger charge is 2.36. The summed E-state index contributed by atoms with van der Waals surface area (Å²) in [4.78, 5) is 0. The second-order valence-electron chi connectivity index (χ2n) is 6.57. The van der Waals surface area contributed by atoms with Gasteiger partial charge >= 0.3 is 0 Å². The van der Waals surface area contributed by atoms with E-state index in [4.69, 9.17) is 13.9 Å². The van der Waals surface area contributed by atoms with Crippen molar-refractivity contribution >= 4 is 0 Å². The van der Waals surface area contributed by atoms with Crippen molar-refractivity contribution in [3.05, 3.63) is 53.5 Å². The first-order valence-electron chi connectivity index (χ1n) is 8.76. The van der Waals surface area contributed by atoms with Crippen LogP contribution in [-0.4, -0.2) is 20.3 Å². The van der Waals surface area contributed by atoms with Gasteiger partial charge in [-0.3, -0.25) is 0 Å². The van der Waals surface area contributed by atoms with Gasteiger partial charge in [0.15, 0.2) is 0 Å². The van der Waals surface area contributed by atoms with Crippen molar-refractivity contribution in [3.8, 4) is 5.75 Å². The topological polar surface area (TPSA) is 43.6 Å². The van der Waals surface area contributed by atoms with Crippen LogP contribution in [-0.2, 0) is 17.8 Å². The summed E-state index contributed by atoms with van der Waals surface area (Å²) in [6.07, 6.45) is 2.16. The Balaban J connectivity index is 1.42. The zero-order valence-electron chi connectivity index (χ0n) is 14.6. The maximum absolute atomic E-state index is 5.92. The van der Waals surface area contributed by atoms with Crippen LogP contribution >= 0.6 is 0 Å². The molecule has 1 aromatic heterocycles. The third-order valence-electron chi connectivity index (χ3n) is 4.45. The monoisotopic (exact) mass is 329 g/mol. The van der Waals surface area contributed by atoms with Crippen LogP contribution in [0.5, 0.6) is 5.75 Å². The van der Waals surface area contributed by atoms with Gasteiger partial charge in [0.2, 0.25) is 0 Å². The molecule has 1 aromatic carbocycles. The molecule has 1 aliphatic carbocycles. The van der Waals surface area contributed by atoms with E-state index in [1.807, 2.05) is 12.1 Å². The van der Waals surface area contributed by atoms with Crippen molar-refractivity contribution in [2.75, 3.05) is 20.3 Å². The fourth-order valence-electron chi connectivity index (χ4n) is 2.88. The van der Waals surface area contributed by atoms with E-state index in [9.17, 15) is 0 Å². The molecule has 3 rings (SSSR count). The van der Waals surface area contributed by atoms with Crippen molar-refractivity contribution < 1.29 is 13.9 Å². The minimum Gasteiger partial charge on any atom is -0.493 e. The molecule has 130 valence electrons. The van der Waals surface area contributed by atoms with Crippen molar-refractivity contribution in [3.63, 3.8) is 0 Å². The summed E-state index contributed by atoms with van der Waals surface area (Å²) in [6.45, 7) is 5.23. The number of benzene rings is 1. The van der Waals surface area contributed by atoms with E-state index in [0.717, 1.165) is 49.3 Å². The van der Waals surface area contributed by atoms with Crippen molar-refractivity contribution in [2.24, 2.45) is 5.92 Å². The number of hydrogen-bond donors (Lipinski definition) is 1. The Morgan fingerprint density at radius 1 is 1.17 bits per heavy atom. The van der Waals surface area contributed by atoms with Crippen LogP contribution in [0.1, 0.15) is 42.8 Å². The summed E-state index contributed by atoms with van der Waals surface area (Å²) in [5.41, 5.74) is 1.21. The Hall–Kier alpha value is -1.78. The quantitative estimate of drug-likeness (QED) is 0.666. The average Bonchev–Trinajstić information content (AvgIpc) is 3.13. The fraction of sp³-hybridized carbons (Fsp3) is 0.500. The van der Waals surface area contributed by atoms with E-state index in [2.05, 4.69) is 36.5 Å². The third kappa shape index (κ3) is 4.86. The maximum Gasteiger partial charge on any atom is 0.119 e. The lowest BCUT2D eigenvalue weighted by Crippen LogP contribution is -2.12. The smallest absolute Gasteiger partial charge is 0.119 e. The number of ether oxygens (including phenoxy) is 2. The van der Waals surface area contributed by atoms with Gasteiger partial charge in [-0.1, -0.05) is 19.1 Å².